The van der Waals surface area contributed by atoms with Gasteiger partial charge in [0, 0.05) is 22.4 Å². The van der Waals surface area contributed by atoms with E-state index in [1.54, 1.807) is 18.3 Å². The summed E-state index contributed by atoms with van der Waals surface area (Å²) in [5, 5.41) is 0. The summed E-state index contributed by atoms with van der Waals surface area (Å²) in [5.41, 5.74) is 6.62. The molecule has 0 atom stereocenters. The molecule has 88 valence electrons. The maximum atomic E-state index is 13.1. The number of hydrogen-bond acceptors (Lipinski definition) is 2. The van der Waals surface area contributed by atoms with Crippen molar-refractivity contribution < 1.29 is 4.39 Å². The van der Waals surface area contributed by atoms with Gasteiger partial charge in [0.05, 0.1) is 6.54 Å². The molecule has 0 saturated carbocycles. The highest BCUT2D eigenvalue weighted by Crippen LogP contribution is 2.18. The molecule has 0 radical (unpaired) electrons. The molecule has 17 heavy (non-hydrogen) atoms. The molecule has 3 nitrogen and oxygen atoms in total. The number of hydrogen-bond donors (Lipinski definition) is 1. The lowest BCUT2D eigenvalue weighted by atomic mass is 10.2. The van der Waals surface area contributed by atoms with Crippen LogP contribution in [0.2, 0.25) is 0 Å². The molecule has 0 fully saturated rings. The average molecular weight is 297 g/mol. The van der Waals surface area contributed by atoms with Crippen molar-refractivity contribution in [1.82, 2.24) is 4.57 Å². The fourth-order valence-corrected chi connectivity index (χ4v) is 1.89. The van der Waals surface area contributed by atoms with Gasteiger partial charge in [-0.1, -0.05) is 15.9 Å². The second-order valence-electron chi connectivity index (χ2n) is 3.66. The third-order valence-corrected chi connectivity index (χ3v) is 3.13. The monoisotopic (exact) mass is 296 g/mol. The Balaban J connectivity index is 2.41. The maximum Gasteiger partial charge on any atom is 0.250 e. The fraction of sp³-hybridized carbons (Fsp3) is 0.0833. The summed E-state index contributed by atoms with van der Waals surface area (Å²) in [6, 6.07) is 7.29. The molecule has 1 heterocycles. The first kappa shape index (κ1) is 11.9. The van der Waals surface area contributed by atoms with E-state index in [4.69, 9.17) is 5.73 Å². The van der Waals surface area contributed by atoms with Gasteiger partial charge >= 0.3 is 0 Å². The van der Waals surface area contributed by atoms with E-state index in [2.05, 4.69) is 15.9 Å². The van der Waals surface area contributed by atoms with Gasteiger partial charge in [-0.25, -0.2) is 4.39 Å². The van der Waals surface area contributed by atoms with Gasteiger partial charge < -0.3 is 10.3 Å². The predicted octanol–water partition coefficient (Wildman–Crippen LogP) is 2.38. The van der Waals surface area contributed by atoms with E-state index in [1.807, 2.05) is 0 Å². The van der Waals surface area contributed by atoms with E-state index in [1.165, 1.54) is 22.8 Å². The van der Waals surface area contributed by atoms with Crippen LogP contribution in [0.3, 0.4) is 0 Å². The van der Waals surface area contributed by atoms with Crippen molar-refractivity contribution >= 4 is 21.6 Å². The molecule has 0 amide bonds. The van der Waals surface area contributed by atoms with E-state index < -0.39 is 0 Å². The molecule has 2 rings (SSSR count). The van der Waals surface area contributed by atoms with Crippen LogP contribution in [-0.2, 0) is 6.54 Å². The molecular weight excluding hydrogens is 287 g/mol. The third kappa shape index (κ3) is 2.74. The van der Waals surface area contributed by atoms with Gasteiger partial charge in [0.15, 0.2) is 0 Å². The van der Waals surface area contributed by atoms with E-state index in [-0.39, 0.29) is 17.9 Å². The number of nitrogens with zero attached hydrogens (tertiary/aromatic N) is 1. The lowest BCUT2D eigenvalue weighted by Gasteiger charge is -2.08. The number of nitrogens with two attached hydrogens (primary N) is 1. The smallest absolute Gasteiger partial charge is 0.250 e. The van der Waals surface area contributed by atoms with Crippen LogP contribution >= 0.6 is 15.9 Å². The van der Waals surface area contributed by atoms with Crippen LogP contribution in [-0.4, -0.2) is 4.57 Å². The van der Waals surface area contributed by atoms with Crippen LogP contribution < -0.4 is 11.3 Å². The first-order chi connectivity index (χ1) is 8.06. The summed E-state index contributed by atoms with van der Waals surface area (Å²) in [6.07, 6.45) is 1.54. The van der Waals surface area contributed by atoms with Crippen LogP contribution in [0.15, 0.2) is 45.8 Å². The number of halogens is 2. The number of benzene rings is 1. The molecule has 0 aliphatic rings. The summed E-state index contributed by atoms with van der Waals surface area (Å²) in [6.45, 7) is 0.280. The molecule has 0 saturated heterocycles. The maximum absolute atomic E-state index is 13.1. The van der Waals surface area contributed by atoms with Gasteiger partial charge in [0.25, 0.3) is 5.56 Å². The minimum Gasteiger partial charge on any atom is -0.398 e. The van der Waals surface area contributed by atoms with Crippen LogP contribution in [0.4, 0.5) is 10.1 Å². The Morgan fingerprint density at radius 3 is 2.82 bits per heavy atom. The SMILES string of the molecule is Nc1ccc(=O)n(Cc2cc(F)ccc2Br)c1. The van der Waals surface area contributed by atoms with Gasteiger partial charge in [-0.3, -0.25) is 4.79 Å². The van der Waals surface area contributed by atoms with E-state index in [9.17, 15) is 9.18 Å². The first-order valence-electron chi connectivity index (χ1n) is 4.96. The van der Waals surface area contributed by atoms with Crippen molar-refractivity contribution in [3.05, 3.63) is 62.7 Å². The normalized spacial score (nSPS) is 10.5. The number of aromatic nitrogens is 1. The molecule has 0 unspecified atom stereocenters. The highest BCUT2D eigenvalue weighted by Gasteiger charge is 2.04. The van der Waals surface area contributed by atoms with Crippen molar-refractivity contribution in [2.24, 2.45) is 0 Å². The Bertz CT molecular complexity index is 610. The van der Waals surface area contributed by atoms with Crippen LogP contribution in [0.25, 0.3) is 0 Å². The van der Waals surface area contributed by atoms with Gasteiger partial charge in [-0.15, -0.1) is 0 Å². The first-order valence-corrected chi connectivity index (χ1v) is 5.75. The zero-order chi connectivity index (χ0) is 12.4. The number of nitrogen functional groups attached to an aromatic ring is 1. The van der Waals surface area contributed by atoms with E-state index in [0.29, 0.717) is 11.3 Å². The molecule has 5 heteroatoms. The largest absolute Gasteiger partial charge is 0.398 e. The molecule has 0 spiro atoms. The Morgan fingerprint density at radius 2 is 2.06 bits per heavy atom. The van der Waals surface area contributed by atoms with Crippen LogP contribution in [0, 0.1) is 5.82 Å². The lowest BCUT2D eigenvalue weighted by Crippen LogP contribution is -2.19. The van der Waals surface area contributed by atoms with Crippen molar-refractivity contribution in [2.75, 3.05) is 5.73 Å². The molecule has 1 aromatic heterocycles. The zero-order valence-corrected chi connectivity index (χ0v) is 10.4. The topological polar surface area (TPSA) is 48.0 Å². The summed E-state index contributed by atoms with van der Waals surface area (Å²) in [4.78, 5) is 11.6. The molecule has 1 aromatic carbocycles. The van der Waals surface area contributed by atoms with E-state index in [0.717, 1.165) is 4.47 Å². The fourth-order valence-electron chi connectivity index (χ4n) is 1.52. The lowest BCUT2D eigenvalue weighted by molar-refractivity contribution is 0.622. The van der Waals surface area contributed by atoms with Gasteiger partial charge in [0.2, 0.25) is 0 Å². The molecule has 2 N–H and O–H groups in total. The highest BCUT2D eigenvalue weighted by molar-refractivity contribution is 9.10. The molecule has 0 bridgehead atoms. The molecule has 0 aliphatic heterocycles. The van der Waals surface area contributed by atoms with Crippen molar-refractivity contribution in [3.8, 4) is 0 Å². The average Bonchev–Trinajstić information content (AvgIpc) is 2.28. The minimum absolute atomic E-state index is 0.171. The zero-order valence-electron chi connectivity index (χ0n) is 8.86. The quantitative estimate of drug-likeness (QED) is 0.925. The Morgan fingerprint density at radius 1 is 1.29 bits per heavy atom. The second kappa shape index (κ2) is 4.71. The van der Waals surface area contributed by atoms with Gasteiger partial charge in [-0.2, -0.15) is 0 Å². The van der Waals surface area contributed by atoms with Crippen molar-refractivity contribution in [1.29, 1.82) is 0 Å². The summed E-state index contributed by atoms with van der Waals surface area (Å²) in [5.74, 6) is -0.333. The summed E-state index contributed by atoms with van der Waals surface area (Å²) >= 11 is 3.32. The molecule has 0 aliphatic carbocycles. The molecule has 2 aromatic rings. The minimum atomic E-state index is -0.333. The van der Waals surface area contributed by atoms with Gasteiger partial charge in [-0.05, 0) is 29.8 Å². The summed E-state index contributed by atoms with van der Waals surface area (Å²) in [7, 11) is 0. The third-order valence-electron chi connectivity index (χ3n) is 2.35. The highest BCUT2D eigenvalue weighted by atomic mass is 79.9. The Hall–Kier alpha value is -1.62. The van der Waals surface area contributed by atoms with Gasteiger partial charge in [0.1, 0.15) is 5.82 Å². The Kier molecular flexibility index (Phi) is 3.28. The number of anilines is 1. The standard InChI is InChI=1S/C12H10BrFN2O/c13-11-3-1-9(14)5-8(11)6-16-7-10(15)2-4-12(16)17/h1-5,7H,6,15H2. The van der Waals surface area contributed by atoms with E-state index >= 15 is 0 Å². The van der Waals surface area contributed by atoms with Crippen molar-refractivity contribution in [2.45, 2.75) is 6.54 Å². The summed E-state index contributed by atoms with van der Waals surface area (Å²) < 4.78 is 15.3. The number of pyridine rings is 1. The van der Waals surface area contributed by atoms with Crippen LogP contribution in [0.5, 0.6) is 0 Å². The van der Waals surface area contributed by atoms with Crippen LogP contribution in [0.1, 0.15) is 5.56 Å². The molecular formula is C12H10BrFN2O. The Labute approximate surface area is 106 Å². The number of rotatable bonds is 2. The predicted molar refractivity (Wildman–Crippen MR) is 68.3 cm³/mol. The van der Waals surface area contributed by atoms with Crippen molar-refractivity contribution in [3.63, 3.8) is 0 Å². The second-order valence-corrected chi connectivity index (χ2v) is 4.52.